The number of rotatable bonds is 6. The van der Waals surface area contributed by atoms with Crippen LogP contribution in [0.4, 0.5) is 0 Å². The van der Waals surface area contributed by atoms with E-state index in [9.17, 15) is 9.59 Å². The van der Waals surface area contributed by atoms with Crippen LogP contribution < -0.4 is 5.32 Å². The Bertz CT molecular complexity index is 978. The summed E-state index contributed by atoms with van der Waals surface area (Å²) in [5.41, 5.74) is 2.83. The lowest BCUT2D eigenvalue weighted by atomic mass is 9.96. The maximum atomic E-state index is 13.0. The molecule has 0 saturated carbocycles. The summed E-state index contributed by atoms with van der Waals surface area (Å²) < 4.78 is 0. The van der Waals surface area contributed by atoms with Crippen LogP contribution in [-0.2, 0) is 11.2 Å². The average molecular weight is 404 g/mol. The number of nitrogens with one attached hydrogen (secondary N) is 2. The van der Waals surface area contributed by atoms with Crippen LogP contribution >= 0.6 is 0 Å². The third kappa shape index (κ3) is 4.73. The molecule has 5 nitrogen and oxygen atoms in total. The summed E-state index contributed by atoms with van der Waals surface area (Å²) in [5, 5.41) is 4.18. The predicted molar refractivity (Wildman–Crippen MR) is 119 cm³/mol. The summed E-state index contributed by atoms with van der Waals surface area (Å²) in [6.45, 7) is 3.23. The number of carbonyl (C=O) groups is 2. The first kappa shape index (κ1) is 20.2. The van der Waals surface area contributed by atoms with E-state index in [4.69, 9.17) is 0 Å². The monoisotopic (exact) mass is 403 g/mol. The van der Waals surface area contributed by atoms with Crippen molar-refractivity contribution in [3.63, 3.8) is 0 Å². The molecule has 1 aliphatic heterocycles. The molecule has 1 aliphatic rings. The van der Waals surface area contributed by atoms with Crippen molar-refractivity contribution in [2.24, 2.45) is 5.92 Å². The molecule has 2 aromatic carbocycles. The molecular weight excluding hydrogens is 374 g/mol. The summed E-state index contributed by atoms with van der Waals surface area (Å²) in [6, 6.07) is 20.2. The highest BCUT2D eigenvalue weighted by Gasteiger charge is 2.30. The van der Waals surface area contributed by atoms with Crippen molar-refractivity contribution in [3.05, 3.63) is 71.9 Å². The average Bonchev–Trinajstić information content (AvgIpc) is 3.22. The number of hydrogen-bond donors (Lipinski definition) is 2. The van der Waals surface area contributed by atoms with Gasteiger partial charge >= 0.3 is 0 Å². The summed E-state index contributed by atoms with van der Waals surface area (Å²) in [7, 11) is 0. The summed E-state index contributed by atoms with van der Waals surface area (Å²) in [5.74, 6) is -0.114. The van der Waals surface area contributed by atoms with Crippen molar-refractivity contribution in [2.75, 3.05) is 13.1 Å². The lowest BCUT2D eigenvalue weighted by Crippen LogP contribution is -2.47. The van der Waals surface area contributed by atoms with Gasteiger partial charge in [0, 0.05) is 30.0 Å². The van der Waals surface area contributed by atoms with E-state index < -0.39 is 0 Å². The lowest BCUT2D eigenvalue weighted by molar-refractivity contribution is -0.127. The molecule has 0 bridgehead atoms. The quantitative estimate of drug-likeness (QED) is 0.649. The van der Waals surface area contributed by atoms with Gasteiger partial charge in [0.05, 0.1) is 5.92 Å². The molecular formula is C25H29N3O2. The first-order chi connectivity index (χ1) is 14.6. The smallest absolute Gasteiger partial charge is 0.270 e. The second kappa shape index (κ2) is 9.16. The van der Waals surface area contributed by atoms with E-state index in [-0.39, 0.29) is 23.8 Å². The minimum atomic E-state index is -0.147. The Hall–Kier alpha value is -3.08. The van der Waals surface area contributed by atoms with Gasteiger partial charge in [-0.25, -0.2) is 0 Å². The Labute approximate surface area is 177 Å². The fourth-order valence-electron chi connectivity index (χ4n) is 4.20. The highest BCUT2D eigenvalue weighted by Crippen LogP contribution is 2.21. The number of piperidine rings is 1. The van der Waals surface area contributed by atoms with E-state index in [0.717, 1.165) is 36.6 Å². The van der Waals surface area contributed by atoms with E-state index in [1.54, 1.807) is 0 Å². The fraction of sp³-hybridized carbons (Fsp3) is 0.360. The zero-order valence-electron chi connectivity index (χ0n) is 17.4. The zero-order chi connectivity index (χ0) is 20.9. The van der Waals surface area contributed by atoms with Crippen LogP contribution in [0.25, 0.3) is 10.9 Å². The maximum Gasteiger partial charge on any atom is 0.270 e. The fourth-order valence-corrected chi connectivity index (χ4v) is 4.20. The van der Waals surface area contributed by atoms with Gasteiger partial charge in [-0.2, -0.15) is 0 Å². The number of nitrogens with zero attached hydrogens (tertiary/aromatic N) is 1. The topological polar surface area (TPSA) is 65.2 Å². The Morgan fingerprint density at radius 3 is 2.70 bits per heavy atom. The normalized spacial score (nSPS) is 17.6. The number of likely N-dealkylation sites (tertiary alicyclic amines) is 1. The van der Waals surface area contributed by atoms with Crippen LogP contribution in [0.15, 0.2) is 60.7 Å². The van der Waals surface area contributed by atoms with Crippen molar-refractivity contribution in [2.45, 2.75) is 38.6 Å². The summed E-state index contributed by atoms with van der Waals surface area (Å²) >= 11 is 0. The van der Waals surface area contributed by atoms with Crippen molar-refractivity contribution in [1.82, 2.24) is 15.2 Å². The molecule has 156 valence electrons. The minimum absolute atomic E-state index is 0.0270. The van der Waals surface area contributed by atoms with Crippen molar-refractivity contribution in [3.8, 4) is 0 Å². The Morgan fingerprint density at radius 2 is 1.90 bits per heavy atom. The number of carbonyl (C=O) groups excluding carboxylic acids is 2. The molecule has 4 rings (SSSR count). The highest BCUT2D eigenvalue weighted by atomic mass is 16.2. The highest BCUT2D eigenvalue weighted by molar-refractivity contribution is 5.98. The number of hydrogen-bond acceptors (Lipinski definition) is 2. The number of amides is 2. The molecule has 0 aliphatic carbocycles. The Kier molecular flexibility index (Phi) is 6.17. The molecule has 5 heteroatoms. The third-order valence-corrected chi connectivity index (χ3v) is 5.94. The molecule has 3 aromatic rings. The van der Waals surface area contributed by atoms with Crippen LogP contribution in [0.1, 0.15) is 42.2 Å². The largest absolute Gasteiger partial charge is 0.353 e. The van der Waals surface area contributed by atoms with Crippen molar-refractivity contribution in [1.29, 1.82) is 0 Å². The first-order valence-corrected chi connectivity index (χ1v) is 10.8. The van der Waals surface area contributed by atoms with Crippen LogP contribution in [-0.4, -0.2) is 40.8 Å². The molecule has 1 aromatic heterocycles. The van der Waals surface area contributed by atoms with Crippen molar-refractivity contribution < 1.29 is 9.59 Å². The molecule has 1 saturated heterocycles. The van der Waals surface area contributed by atoms with E-state index >= 15 is 0 Å². The van der Waals surface area contributed by atoms with Gasteiger partial charge in [-0.3, -0.25) is 9.59 Å². The van der Waals surface area contributed by atoms with Crippen LogP contribution in [0.2, 0.25) is 0 Å². The second-order valence-corrected chi connectivity index (χ2v) is 8.29. The number of H-pyrrole nitrogens is 1. The molecule has 2 atom stereocenters. The van der Waals surface area contributed by atoms with Gasteiger partial charge in [-0.05, 0) is 50.3 Å². The molecule has 0 radical (unpaired) electrons. The van der Waals surface area contributed by atoms with Gasteiger partial charge in [0.15, 0.2) is 0 Å². The molecule has 30 heavy (non-hydrogen) atoms. The Balaban J connectivity index is 1.32. The third-order valence-electron chi connectivity index (χ3n) is 5.94. The number of aromatic amines is 1. The molecule has 1 fully saturated rings. The van der Waals surface area contributed by atoms with Gasteiger partial charge in [0.25, 0.3) is 5.91 Å². The number of aryl methyl sites for hydroxylation is 1. The van der Waals surface area contributed by atoms with Gasteiger partial charge in [-0.15, -0.1) is 0 Å². The lowest BCUT2D eigenvalue weighted by Gasteiger charge is -2.32. The van der Waals surface area contributed by atoms with E-state index in [0.29, 0.717) is 18.8 Å². The maximum absolute atomic E-state index is 13.0. The van der Waals surface area contributed by atoms with E-state index in [1.165, 1.54) is 5.56 Å². The summed E-state index contributed by atoms with van der Waals surface area (Å²) in [6.07, 6.45) is 3.52. The minimum Gasteiger partial charge on any atom is -0.353 e. The zero-order valence-corrected chi connectivity index (χ0v) is 17.4. The Morgan fingerprint density at radius 1 is 1.13 bits per heavy atom. The molecule has 2 N–H and O–H groups in total. The van der Waals surface area contributed by atoms with Crippen LogP contribution in [0.3, 0.4) is 0 Å². The van der Waals surface area contributed by atoms with Gasteiger partial charge in [0.2, 0.25) is 5.91 Å². The van der Waals surface area contributed by atoms with Crippen LogP contribution in [0, 0.1) is 5.92 Å². The number of benzene rings is 2. The van der Waals surface area contributed by atoms with E-state index in [1.807, 2.05) is 53.4 Å². The molecule has 2 amide bonds. The van der Waals surface area contributed by atoms with E-state index in [2.05, 4.69) is 29.4 Å². The standard InChI is InChI=1S/C25H29N3O2/c1-18(13-14-19-8-3-2-4-9-19)26-24(29)21-11-7-15-28(17-21)25(30)23-16-20-10-5-6-12-22(20)27-23/h2-6,8-10,12,16,18,21,27H,7,11,13-15,17H2,1H3,(H,26,29). The number of fused-ring (bicyclic) bond motifs is 1. The number of aromatic nitrogens is 1. The predicted octanol–water partition coefficient (Wildman–Crippen LogP) is 4.16. The van der Waals surface area contributed by atoms with Gasteiger partial charge in [-0.1, -0.05) is 48.5 Å². The van der Waals surface area contributed by atoms with Crippen LogP contribution in [0.5, 0.6) is 0 Å². The molecule has 2 heterocycles. The number of para-hydroxylation sites is 1. The molecule has 2 unspecified atom stereocenters. The molecule has 0 spiro atoms. The first-order valence-electron chi connectivity index (χ1n) is 10.8. The second-order valence-electron chi connectivity index (χ2n) is 8.29. The van der Waals surface area contributed by atoms with Gasteiger partial charge in [0.1, 0.15) is 5.69 Å². The SMILES string of the molecule is CC(CCc1ccccc1)NC(=O)C1CCCN(C(=O)c2cc3ccccc3[nH]2)C1. The van der Waals surface area contributed by atoms with Gasteiger partial charge < -0.3 is 15.2 Å². The van der Waals surface area contributed by atoms with Crippen molar-refractivity contribution >= 4 is 22.7 Å². The summed E-state index contributed by atoms with van der Waals surface area (Å²) in [4.78, 5) is 30.8.